The van der Waals surface area contributed by atoms with Gasteiger partial charge in [-0.15, -0.1) is 0 Å². The van der Waals surface area contributed by atoms with Crippen LogP contribution < -0.4 is 16.4 Å². The van der Waals surface area contributed by atoms with Gasteiger partial charge in [-0.3, -0.25) is 14.9 Å². The molecule has 4 N–H and O–H groups in total. The standard InChI is InChI=1S/C12H18N4O4/c13-5-7-1-2-8(20-7)9(17)16-4-3-12(6-16)10(18)14-11(19)15-12/h7-8H,1-6,13H2,(H2,14,15,18,19). The Hall–Kier alpha value is -1.67. The molecule has 0 aromatic heterocycles. The molecule has 1 spiro atoms. The van der Waals surface area contributed by atoms with E-state index in [2.05, 4.69) is 10.6 Å². The number of hydrogen-bond donors (Lipinski definition) is 3. The predicted octanol–water partition coefficient (Wildman–Crippen LogP) is -1.70. The van der Waals surface area contributed by atoms with E-state index in [0.29, 0.717) is 25.9 Å². The first kappa shape index (κ1) is 13.3. The number of ether oxygens (including phenoxy) is 1. The molecule has 3 atom stereocenters. The summed E-state index contributed by atoms with van der Waals surface area (Å²) < 4.78 is 5.58. The van der Waals surface area contributed by atoms with E-state index in [1.54, 1.807) is 4.90 Å². The van der Waals surface area contributed by atoms with Crippen molar-refractivity contribution in [2.45, 2.75) is 37.0 Å². The van der Waals surface area contributed by atoms with Gasteiger partial charge in [0.15, 0.2) is 0 Å². The molecule has 3 unspecified atom stereocenters. The number of hydrogen-bond acceptors (Lipinski definition) is 5. The SMILES string of the molecule is NCC1CCC(C(=O)N2CCC3(C2)NC(=O)NC3=O)O1. The van der Waals surface area contributed by atoms with Crippen molar-refractivity contribution in [2.75, 3.05) is 19.6 Å². The van der Waals surface area contributed by atoms with Gasteiger partial charge in [0, 0.05) is 13.1 Å². The van der Waals surface area contributed by atoms with Crippen molar-refractivity contribution in [1.29, 1.82) is 0 Å². The molecule has 8 heteroatoms. The fraction of sp³-hybridized carbons (Fsp3) is 0.750. The summed E-state index contributed by atoms with van der Waals surface area (Å²) in [6, 6.07) is -0.496. The first-order valence-electron chi connectivity index (χ1n) is 6.82. The largest absolute Gasteiger partial charge is 0.364 e. The van der Waals surface area contributed by atoms with Crippen molar-refractivity contribution in [1.82, 2.24) is 15.5 Å². The van der Waals surface area contributed by atoms with Crippen molar-refractivity contribution in [3.63, 3.8) is 0 Å². The van der Waals surface area contributed by atoms with Crippen molar-refractivity contribution in [2.24, 2.45) is 5.73 Å². The normalized spacial score (nSPS) is 36.5. The zero-order valence-corrected chi connectivity index (χ0v) is 11.1. The summed E-state index contributed by atoms with van der Waals surface area (Å²) in [6.07, 6.45) is 1.34. The Bertz CT molecular complexity index is 468. The topological polar surface area (TPSA) is 114 Å². The van der Waals surface area contributed by atoms with E-state index in [4.69, 9.17) is 10.5 Å². The molecule has 3 fully saturated rings. The van der Waals surface area contributed by atoms with Crippen LogP contribution in [0.25, 0.3) is 0 Å². The zero-order chi connectivity index (χ0) is 14.3. The second-order valence-electron chi connectivity index (χ2n) is 5.56. The van der Waals surface area contributed by atoms with Crippen LogP contribution in [-0.4, -0.2) is 60.1 Å². The number of carbonyl (C=O) groups excluding carboxylic acids is 3. The summed E-state index contributed by atoms with van der Waals surface area (Å²) in [5.41, 5.74) is 4.57. The number of imide groups is 1. The van der Waals surface area contributed by atoms with Gasteiger partial charge in [0.1, 0.15) is 11.6 Å². The number of rotatable bonds is 2. The average Bonchev–Trinajstić information content (AvgIpc) is 3.10. The van der Waals surface area contributed by atoms with Gasteiger partial charge < -0.3 is 20.7 Å². The molecule has 3 rings (SSSR count). The van der Waals surface area contributed by atoms with E-state index in [-0.39, 0.29) is 24.5 Å². The minimum atomic E-state index is -0.960. The van der Waals surface area contributed by atoms with E-state index in [1.165, 1.54) is 0 Å². The van der Waals surface area contributed by atoms with E-state index in [0.717, 1.165) is 6.42 Å². The highest BCUT2D eigenvalue weighted by Crippen LogP contribution is 2.28. The highest BCUT2D eigenvalue weighted by Gasteiger charge is 2.52. The van der Waals surface area contributed by atoms with Gasteiger partial charge in [-0.1, -0.05) is 0 Å². The molecule has 4 amide bonds. The van der Waals surface area contributed by atoms with Gasteiger partial charge in [0.2, 0.25) is 0 Å². The van der Waals surface area contributed by atoms with Crippen LogP contribution in [0.5, 0.6) is 0 Å². The summed E-state index contributed by atoms with van der Waals surface area (Å²) in [5.74, 6) is -0.475. The van der Waals surface area contributed by atoms with Crippen LogP contribution in [0.2, 0.25) is 0 Å². The van der Waals surface area contributed by atoms with Gasteiger partial charge in [-0.25, -0.2) is 4.79 Å². The molecule has 0 aromatic carbocycles. The van der Waals surface area contributed by atoms with Gasteiger partial charge >= 0.3 is 6.03 Å². The lowest BCUT2D eigenvalue weighted by atomic mass is 9.99. The van der Waals surface area contributed by atoms with E-state index in [9.17, 15) is 14.4 Å². The van der Waals surface area contributed by atoms with Gasteiger partial charge in [0.25, 0.3) is 11.8 Å². The zero-order valence-electron chi connectivity index (χ0n) is 11.1. The molecule has 0 aromatic rings. The minimum absolute atomic E-state index is 0.0602. The third-order valence-corrected chi connectivity index (χ3v) is 4.24. The predicted molar refractivity (Wildman–Crippen MR) is 67.6 cm³/mol. The fourth-order valence-electron chi connectivity index (χ4n) is 3.08. The number of urea groups is 1. The molecule has 0 aliphatic carbocycles. The summed E-state index contributed by atoms with van der Waals surface area (Å²) >= 11 is 0. The average molecular weight is 282 g/mol. The summed E-state index contributed by atoms with van der Waals surface area (Å²) in [6.45, 7) is 1.06. The van der Waals surface area contributed by atoms with Gasteiger partial charge in [0.05, 0.1) is 12.6 Å². The second-order valence-corrected chi connectivity index (χ2v) is 5.56. The molecular weight excluding hydrogens is 264 g/mol. The van der Waals surface area contributed by atoms with E-state index in [1.807, 2.05) is 0 Å². The fourth-order valence-corrected chi connectivity index (χ4v) is 3.08. The van der Waals surface area contributed by atoms with E-state index < -0.39 is 17.7 Å². The Morgan fingerprint density at radius 3 is 2.85 bits per heavy atom. The molecule has 8 nitrogen and oxygen atoms in total. The number of nitrogens with one attached hydrogen (secondary N) is 2. The Balaban J connectivity index is 1.64. The van der Waals surface area contributed by atoms with Crippen LogP contribution in [0.3, 0.4) is 0 Å². The maximum absolute atomic E-state index is 12.4. The highest BCUT2D eigenvalue weighted by atomic mass is 16.5. The first-order valence-corrected chi connectivity index (χ1v) is 6.82. The lowest BCUT2D eigenvalue weighted by Crippen LogP contribution is -2.50. The quantitative estimate of drug-likeness (QED) is 0.523. The number of nitrogens with two attached hydrogens (primary N) is 1. The molecule has 3 aliphatic heterocycles. The number of likely N-dealkylation sites (tertiary alicyclic amines) is 1. The number of nitrogens with zero attached hydrogens (tertiary/aromatic N) is 1. The van der Waals surface area contributed by atoms with Crippen molar-refractivity contribution in [3.05, 3.63) is 0 Å². The summed E-state index contributed by atoms with van der Waals surface area (Å²) in [7, 11) is 0. The third-order valence-electron chi connectivity index (χ3n) is 4.24. The number of amides is 4. The van der Waals surface area contributed by atoms with E-state index >= 15 is 0 Å². The molecule has 3 heterocycles. The smallest absolute Gasteiger partial charge is 0.322 e. The van der Waals surface area contributed by atoms with Crippen molar-refractivity contribution >= 4 is 17.8 Å². The Labute approximate surface area is 116 Å². The first-order chi connectivity index (χ1) is 9.54. The van der Waals surface area contributed by atoms with Crippen molar-refractivity contribution in [3.8, 4) is 0 Å². The lowest BCUT2D eigenvalue weighted by Gasteiger charge is -2.23. The van der Waals surface area contributed by atoms with Gasteiger partial charge in [-0.2, -0.15) is 0 Å². The molecule has 20 heavy (non-hydrogen) atoms. The maximum atomic E-state index is 12.4. The minimum Gasteiger partial charge on any atom is -0.364 e. The lowest BCUT2D eigenvalue weighted by molar-refractivity contribution is -0.142. The Kier molecular flexibility index (Phi) is 3.14. The molecule has 110 valence electrons. The monoisotopic (exact) mass is 282 g/mol. The van der Waals surface area contributed by atoms with Crippen LogP contribution in [0.1, 0.15) is 19.3 Å². The highest BCUT2D eigenvalue weighted by molar-refractivity contribution is 6.07. The van der Waals surface area contributed by atoms with Crippen LogP contribution in [0, 0.1) is 0 Å². The molecule has 3 aliphatic rings. The molecule has 3 saturated heterocycles. The third kappa shape index (κ3) is 2.04. The molecule has 0 saturated carbocycles. The van der Waals surface area contributed by atoms with Gasteiger partial charge in [-0.05, 0) is 19.3 Å². The number of carbonyl (C=O) groups is 3. The van der Waals surface area contributed by atoms with Crippen LogP contribution in [0.4, 0.5) is 4.79 Å². The van der Waals surface area contributed by atoms with Crippen molar-refractivity contribution < 1.29 is 19.1 Å². The Morgan fingerprint density at radius 1 is 1.45 bits per heavy atom. The van der Waals surface area contributed by atoms with Crippen LogP contribution >= 0.6 is 0 Å². The molecule has 0 radical (unpaired) electrons. The van der Waals surface area contributed by atoms with Crippen LogP contribution in [0.15, 0.2) is 0 Å². The Morgan fingerprint density at radius 2 is 2.25 bits per heavy atom. The maximum Gasteiger partial charge on any atom is 0.322 e. The second kappa shape index (κ2) is 4.71. The summed E-state index contributed by atoms with van der Waals surface area (Å²) in [5, 5.41) is 4.84. The molecular formula is C12H18N4O4. The van der Waals surface area contributed by atoms with Crippen LogP contribution in [-0.2, 0) is 14.3 Å². The summed E-state index contributed by atoms with van der Waals surface area (Å²) in [4.78, 5) is 37.0. The molecule has 0 bridgehead atoms.